The highest BCUT2D eigenvalue weighted by molar-refractivity contribution is 9.09. The highest BCUT2D eigenvalue weighted by atomic mass is 79.9. The van der Waals surface area contributed by atoms with Crippen LogP contribution in [0.25, 0.3) is 32.1 Å². The minimum Gasteiger partial charge on any atom is -0.507 e. The summed E-state index contributed by atoms with van der Waals surface area (Å²) in [4.78, 5) is 13.1. The number of sulfone groups is 1. The Kier molecular flexibility index (Phi) is 5.74. The standard InChI is InChI=1S/C22H20BrNO4S2/c1-2-24-17-8-9-18(25)19(20(17)16-10-12-29-21(16)22(24)26)14-4-6-15(7-5-14)30(27,28)13-3-11-23/h4-10,12,25H,2-3,11,13H2,1H3. The number of hydrogen-bond acceptors (Lipinski definition) is 5. The Morgan fingerprint density at radius 2 is 1.83 bits per heavy atom. The minimum absolute atomic E-state index is 0.0418. The lowest BCUT2D eigenvalue weighted by Crippen LogP contribution is -2.19. The molecule has 0 aliphatic carbocycles. The Hall–Kier alpha value is -2.16. The lowest BCUT2D eigenvalue weighted by molar-refractivity contribution is 0.478. The van der Waals surface area contributed by atoms with Crippen molar-refractivity contribution >= 4 is 58.1 Å². The van der Waals surface area contributed by atoms with Gasteiger partial charge in [0.15, 0.2) is 9.84 Å². The van der Waals surface area contributed by atoms with Crippen LogP contribution in [0.15, 0.2) is 57.5 Å². The fourth-order valence-electron chi connectivity index (χ4n) is 3.78. The van der Waals surface area contributed by atoms with E-state index in [-0.39, 0.29) is 22.0 Å². The predicted octanol–water partition coefficient (Wildman–Crippen LogP) is 5.17. The van der Waals surface area contributed by atoms with Crippen LogP contribution in [0, 0.1) is 0 Å². The smallest absolute Gasteiger partial charge is 0.268 e. The summed E-state index contributed by atoms with van der Waals surface area (Å²) in [6.07, 6.45) is 0.541. The maximum Gasteiger partial charge on any atom is 0.268 e. The number of aromatic hydroxyl groups is 1. The molecule has 156 valence electrons. The number of phenolic OH excluding ortho intramolecular Hbond substituents is 1. The van der Waals surface area contributed by atoms with E-state index in [2.05, 4.69) is 15.9 Å². The average molecular weight is 506 g/mol. The average Bonchev–Trinajstić information content (AvgIpc) is 3.23. The summed E-state index contributed by atoms with van der Waals surface area (Å²) in [5.41, 5.74) is 2.00. The molecule has 0 aliphatic heterocycles. The number of fused-ring (bicyclic) bond motifs is 3. The number of alkyl halides is 1. The summed E-state index contributed by atoms with van der Waals surface area (Å²) >= 11 is 4.65. The SMILES string of the molecule is CCn1c(=O)c2sccc2c2c(-c3ccc(S(=O)(=O)CCCBr)cc3)c(O)ccc21. The normalized spacial score (nSPS) is 12.1. The summed E-state index contributed by atoms with van der Waals surface area (Å²) in [6.45, 7) is 2.43. The van der Waals surface area contributed by atoms with Crippen LogP contribution in [0.1, 0.15) is 13.3 Å². The lowest BCUT2D eigenvalue weighted by Gasteiger charge is -2.15. The van der Waals surface area contributed by atoms with Gasteiger partial charge in [0, 0.05) is 28.2 Å². The van der Waals surface area contributed by atoms with Crippen molar-refractivity contribution in [2.45, 2.75) is 24.8 Å². The fourth-order valence-corrected chi connectivity index (χ4v) is 6.59. The quantitative estimate of drug-likeness (QED) is 0.366. The molecule has 2 aromatic carbocycles. The Labute approximate surface area is 186 Å². The summed E-state index contributed by atoms with van der Waals surface area (Å²) in [5, 5.41) is 14.8. The first-order valence-electron chi connectivity index (χ1n) is 9.54. The summed E-state index contributed by atoms with van der Waals surface area (Å²) in [6, 6.07) is 11.8. The van der Waals surface area contributed by atoms with E-state index in [0.717, 1.165) is 16.3 Å². The fraction of sp³-hybridized carbons (Fsp3) is 0.227. The first kappa shape index (κ1) is 21.1. The van der Waals surface area contributed by atoms with Gasteiger partial charge < -0.3 is 9.67 Å². The van der Waals surface area contributed by atoms with Crippen LogP contribution in [0.3, 0.4) is 0 Å². The van der Waals surface area contributed by atoms with Crippen LogP contribution >= 0.6 is 27.3 Å². The second kappa shape index (κ2) is 8.17. The van der Waals surface area contributed by atoms with Crippen molar-refractivity contribution in [1.82, 2.24) is 4.57 Å². The highest BCUT2D eigenvalue weighted by Crippen LogP contribution is 2.40. The van der Waals surface area contributed by atoms with Gasteiger partial charge >= 0.3 is 0 Å². The van der Waals surface area contributed by atoms with Crippen molar-refractivity contribution < 1.29 is 13.5 Å². The Morgan fingerprint density at radius 1 is 1.10 bits per heavy atom. The van der Waals surface area contributed by atoms with E-state index in [4.69, 9.17) is 0 Å². The molecule has 0 bridgehead atoms. The molecule has 1 N–H and O–H groups in total. The summed E-state index contributed by atoms with van der Waals surface area (Å²) in [5.74, 6) is 0.168. The third-order valence-corrected chi connectivity index (χ3v) is 8.47. The van der Waals surface area contributed by atoms with E-state index in [1.165, 1.54) is 11.3 Å². The monoisotopic (exact) mass is 505 g/mol. The number of rotatable bonds is 6. The molecule has 0 fully saturated rings. The van der Waals surface area contributed by atoms with Gasteiger partial charge in [-0.15, -0.1) is 11.3 Å². The van der Waals surface area contributed by atoms with Gasteiger partial charge in [0.25, 0.3) is 5.56 Å². The summed E-state index contributed by atoms with van der Waals surface area (Å²) in [7, 11) is -3.35. The molecule has 0 spiro atoms. The van der Waals surface area contributed by atoms with Crippen molar-refractivity contribution in [3.63, 3.8) is 0 Å². The molecule has 0 aliphatic rings. The van der Waals surface area contributed by atoms with Crippen molar-refractivity contribution in [2.75, 3.05) is 11.1 Å². The number of pyridine rings is 1. The topological polar surface area (TPSA) is 76.4 Å². The van der Waals surface area contributed by atoms with E-state index >= 15 is 0 Å². The van der Waals surface area contributed by atoms with Crippen LogP contribution in [0.4, 0.5) is 0 Å². The van der Waals surface area contributed by atoms with Gasteiger partial charge in [-0.3, -0.25) is 4.79 Å². The third-order valence-electron chi connectivity index (χ3n) is 5.19. The lowest BCUT2D eigenvalue weighted by atomic mass is 9.97. The molecule has 0 unspecified atom stereocenters. The first-order valence-corrected chi connectivity index (χ1v) is 13.2. The molecule has 5 nitrogen and oxygen atoms in total. The number of aromatic nitrogens is 1. The summed E-state index contributed by atoms with van der Waals surface area (Å²) < 4.78 is 27.3. The maximum absolute atomic E-state index is 12.8. The molecule has 2 aromatic heterocycles. The van der Waals surface area contributed by atoms with Gasteiger partial charge in [-0.25, -0.2) is 8.42 Å². The van der Waals surface area contributed by atoms with Gasteiger partial charge in [-0.05, 0) is 54.6 Å². The molecule has 4 aromatic rings. The van der Waals surface area contributed by atoms with Crippen LogP contribution < -0.4 is 5.56 Å². The molecule has 8 heteroatoms. The maximum atomic E-state index is 12.8. The van der Waals surface area contributed by atoms with Gasteiger partial charge in [0.1, 0.15) is 10.4 Å². The number of phenols is 1. The largest absolute Gasteiger partial charge is 0.507 e. The molecule has 0 atom stereocenters. The first-order chi connectivity index (χ1) is 14.4. The van der Waals surface area contributed by atoms with Crippen LogP contribution in [-0.2, 0) is 16.4 Å². The van der Waals surface area contributed by atoms with Crippen molar-refractivity contribution in [3.05, 3.63) is 58.2 Å². The van der Waals surface area contributed by atoms with E-state index < -0.39 is 9.84 Å². The Balaban J connectivity index is 1.97. The number of halogens is 1. The molecule has 4 rings (SSSR count). The van der Waals surface area contributed by atoms with Gasteiger partial charge in [-0.1, -0.05) is 28.1 Å². The zero-order valence-electron chi connectivity index (χ0n) is 16.3. The van der Waals surface area contributed by atoms with Crippen LogP contribution in [0.5, 0.6) is 5.75 Å². The van der Waals surface area contributed by atoms with E-state index in [1.54, 1.807) is 41.0 Å². The van der Waals surface area contributed by atoms with Gasteiger partial charge in [0.05, 0.1) is 16.2 Å². The zero-order valence-corrected chi connectivity index (χ0v) is 19.5. The molecular formula is C22H20BrNO4S2. The number of hydrogen-bond donors (Lipinski definition) is 1. The molecule has 2 heterocycles. The van der Waals surface area contributed by atoms with Gasteiger partial charge in [0.2, 0.25) is 0 Å². The van der Waals surface area contributed by atoms with E-state index in [0.29, 0.717) is 34.1 Å². The highest BCUT2D eigenvalue weighted by Gasteiger charge is 2.19. The molecule has 0 radical (unpaired) electrons. The Bertz CT molecular complexity index is 1400. The van der Waals surface area contributed by atoms with Gasteiger partial charge in [-0.2, -0.15) is 0 Å². The molecule has 0 saturated heterocycles. The third kappa shape index (κ3) is 3.46. The molecule has 30 heavy (non-hydrogen) atoms. The second-order valence-corrected chi connectivity index (χ2v) is 10.8. The predicted molar refractivity (Wildman–Crippen MR) is 127 cm³/mol. The zero-order chi connectivity index (χ0) is 21.5. The number of nitrogens with zero attached hydrogens (tertiary/aromatic N) is 1. The van der Waals surface area contributed by atoms with Crippen molar-refractivity contribution in [3.8, 4) is 16.9 Å². The van der Waals surface area contributed by atoms with E-state index in [1.807, 2.05) is 18.4 Å². The molecule has 0 amide bonds. The second-order valence-electron chi connectivity index (χ2n) is 6.95. The van der Waals surface area contributed by atoms with Crippen LogP contribution in [-0.4, -0.2) is 29.2 Å². The molecular weight excluding hydrogens is 486 g/mol. The van der Waals surface area contributed by atoms with Crippen molar-refractivity contribution in [1.29, 1.82) is 0 Å². The minimum atomic E-state index is -3.35. The number of aryl methyl sites for hydroxylation is 1. The van der Waals surface area contributed by atoms with Crippen molar-refractivity contribution in [2.24, 2.45) is 0 Å². The van der Waals surface area contributed by atoms with E-state index in [9.17, 15) is 18.3 Å². The Morgan fingerprint density at radius 3 is 2.50 bits per heavy atom. The number of benzene rings is 2. The number of thiophene rings is 1. The molecule has 0 saturated carbocycles. The van der Waals surface area contributed by atoms with Crippen LogP contribution in [0.2, 0.25) is 0 Å².